The molecule has 1 unspecified atom stereocenters. The third kappa shape index (κ3) is 4.92. The lowest BCUT2D eigenvalue weighted by atomic mass is 9.47. The predicted molar refractivity (Wildman–Crippen MR) is 137 cm³/mol. The summed E-state index contributed by atoms with van der Waals surface area (Å²) in [6.45, 7) is 14.7. The van der Waals surface area contributed by atoms with Gasteiger partial charge in [0.25, 0.3) is 0 Å². The summed E-state index contributed by atoms with van der Waals surface area (Å²) in [5, 5.41) is 0. The van der Waals surface area contributed by atoms with Gasteiger partial charge in [0.15, 0.2) is 0 Å². The van der Waals surface area contributed by atoms with Crippen LogP contribution < -0.4 is 0 Å². The molecule has 196 valence electrons. The minimum atomic E-state index is -4.63. The van der Waals surface area contributed by atoms with E-state index in [2.05, 4.69) is 47.6 Å². The maximum Gasteiger partial charge on any atom is 0.217 e. The lowest BCUT2D eigenvalue weighted by Crippen LogP contribution is -2.51. The first-order valence-corrected chi connectivity index (χ1v) is 15.6. The van der Waals surface area contributed by atoms with Crippen molar-refractivity contribution in [3.8, 4) is 0 Å². The average Bonchev–Trinajstić information content (AvgIpc) is 3.10. The number of hydrogen-bond donors (Lipinski definition) is 0. The Labute approximate surface area is 209 Å². The van der Waals surface area contributed by atoms with Crippen molar-refractivity contribution in [3.05, 3.63) is 11.6 Å². The maximum atomic E-state index is 11.2. The second-order valence-corrected chi connectivity index (χ2v) is 14.3. The summed E-state index contributed by atoms with van der Waals surface area (Å²) in [5.41, 5.74) is 1.98. The van der Waals surface area contributed by atoms with Gasteiger partial charge in [-0.2, -0.15) is 0 Å². The van der Waals surface area contributed by atoms with E-state index in [0.29, 0.717) is 24.2 Å². The Bertz CT molecular complexity index is 863. The van der Waals surface area contributed by atoms with Crippen molar-refractivity contribution in [1.29, 1.82) is 0 Å². The van der Waals surface area contributed by atoms with Gasteiger partial charge in [-0.15, -0.1) is 0 Å². The van der Waals surface area contributed by atoms with Crippen LogP contribution >= 0.6 is 0 Å². The van der Waals surface area contributed by atoms with Gasteiger partial charge < -0.3 is 4.55 Å². The van der Waals surface area contributed by atoms with E-state index in [4.69, 9.17) is 4.18 Å². The van der Waals surface area contributed by atoms with Crippen LogP contribution in [0.4, 0.5) is 0 Å². The standard InChI is InChI=1S/C29H50O4S/c1-7-21(19(2)3)9-8-20(4)25-12-13-26-24-11-10-22-18-23(33-34(30,31)32)14-16-28(22,5)27(24)15-17-29(25,26)6/h10,19-21,23-27H,7-9,11-18H2,1-6H3,(H,30,31,32)/p-1/t20-,21?,23+,24+,25-,26+,27+,28+,29-/m1/s1. The van der Waals surface area contributed by atoms with Crippen molar-refractivity contribution >= 4 is 10.4 Å². The molecule has 0 saturated heterocycles. The van der Waals surface area contributed by atoms with E-state index >= 15 is 0 Å². The smallest absolute Gasteiger partial charge is 0.217 e. The Balaban J connectivity index is 1.46. The molecule has 4 aliphatic carbocycles. The Morgan fingerprint density at radius 2 is 1.79 bits per heavy atom. The van der Waals surface area contributed by atoms with Gasteiger partial charge in [-0.3, -0.25) is 4.18 Å². The fourth-order valence-electron chi connectivity index (χ4n) is 9.54. The van der Waals surface area contributed by atoms with E-state index in [1.54, 1.807) is 0 Å². The van der Waals surface area contributed by atoms with Gasteiger partial charge in [-0.05, 0) is 110 Å². The van der Waals surface area contributed by atoms with E-state index in [0.717, 1.165) is 48.3 Å². The molecule has 34 heavy (non-hydrogen) atoms. The third-order valence-electron chi connectivity index (χ3n) is 11.5. The predicted octanol–water partition coefficient (Wildman–Crippen LogP) is 7.51. The molecule has 9 atom stereocenters. The lowest BCUT2D eigenvalue weighted by Gasteiger charge is -2.58. The minimum absolute atomic E-state index is 0.145. The second-order valence-electron chi connectivity index (χ2n) is 13.3. The molecule has 0 N–H and O–H groups in total. The van der Waals surface area contributed by atoms with Gasteiger partial charge in [-0.1, -0.05) is 66.0 Å². The second kappa shape index (κ2) is 9.82. The molecule has 0 aliphatic heterocycles. The van der Waals surface area contributed by atoms with Crippen molar-refractivity contribution in [1.82, 2.24) is 0 Å². The largest absolute Gasteiger partial charge is 0.726 e. The van der Waals surface area contributed by atoms with E-state index < -0.39 is 16.5 Å². The normalized spacial score (nSPS) is 41.9. The minimum Gasteiger partial charge on any atom is -0.726 e. The first-order valence-electron chi connectivity index (χ1n) is 14.2. The van der Waals surface area contributed by atoms with Crippen molar-refractivity contribution in [2.45, 2.75) is 118 Å². The maximum absolute atomic E-state index is 11.2. The third-order valence-corrected chi connectivity index (χ3v) is 12.0. The molecular formula is C29H49O4S-. The Hall–Kier alpha value is -0.390. The van der Waals surface area contributed by atoms with E-state index in [-0.39, 0.29) is 5.41 Å². The summed E-state index contributed by atoms with van der Waals surface area (Å²) in [7, 11) is -4.63. The van der Waals surface area contributed by atoms with Crippen LogP contribution in [0.1, 0.15) is 112 Å². The van der Waals surface area contributed by atoms with E-state index in [1.807, 2.05) is 0 Å². The van der Waals surface area contributed by atoms with Crippen LogP contribution in [0.2, 0.25) is 0 Å². The lowest BCUT2D eigenvalue weighted by molar-refractivity contribution is -0.0563. The van der Waals surface area contributed by atoms with E-state index in [1.165, 1.54) is 50.5 Å². The number of allylic oxidation sites excluding steroid dienone is 1. The molecule has 4 aliphatic rings. The van der Waals surface area contributed by atoms with E-state index in [9.17, 15) is 13.0 Å². The van der Waals surface area contributed by atoms with Crippen molar-refractivity contribution in [2.75, 3.05) is 0 Å². The monoisotopic (exact) mass is 493 g/mol. The Morgan fingerprint density at radius 3 is 2.44 bits per heavy atom. The fraction of sp³-hybridized carbons (Fsp3) is 0.931. The highest BCUT2D eigenvalue weighted by Gasteiger charge is 2.59. The van der Waals surface area contributed by atoms with Crippen molar-refractivity contribution < 1.29 is 17.2 Å². The number of hydrogen-bond acceptors (Lipinski definition) is 4. The molecule has 3 saturated carbocycles. The van der Waals surface area contributed by atoms with Gasteiger partial charge in [0, 0.05) is 0 Å². The fourth-order valence-corrected chi connectivity index (χ4v) is 10.0. The molecular weight excluding hydrogens is 444 g/mol. The zero-order valence-corrected chi connectivity index (χ0v) is 23.3. The van der Waals surface area contributed by atoms with Gasteiger partial charge in [0.1, 0.15) is 0 Å². The van der Waals surface area contributed by atoms with Crippen LogP contribution in [-0.4, -0.2) is 19.1 Å². The molecule has 5 heteroatoms. The molecule has 0 aromatic heterocycles. The molecule has 0 amide bonds. The topological polar surface area (TPSA) is 66.4 Å². The van der Waals surface area contributed by atoms with Crippen LogP contribution in [0, 0.1) is 52.3 Å². The quantitative estimate of drug-likeness (QED) is 0.199. The Kier molecular flexibility index (Phi) is 7.70. The molecule has 0 aromatic carbocycles. The average molecular weight is 494 g/mol. The van der Waals surface area contributed by atoms with Gasteiger partial charge in [0.05, 0.1) is 6.10 Å². The molecule has 0 bridgehead atoms. The van der Waals surface area contributed by atoms with Crippen LogP contribution in [0.5, 0.6) is 0 Å². The van der Waals surface area contributed by atoms with Gasteiger partial charge in [0.2, 0.25) is 10.4 Å². The first kappa shape index (κ1) is 26.7. The van der Waals surface area contributed by atoms with Gasteiger partial charge in [-0.25, -0.2) is 8.42 Å². The summed E-state index contributed by atoms with van der Waals surface area (Å²) >= 11 is 0. The first-order chi connectivity index (χ1) is 15.9. The van der Waals surface area contributed by atoms with Gasteiger partial charge >= 0.3 is 0 Å². The van der Waals surface area contributed by atoms with Crippen LogP contribution in [-0.2, 0) is 14.6 Å². The SMILES string of the molecule is CCC(CC[C@@H](C)[C@H]1CC[C@H]2[C@@H]3CC=C4C[C@@H](OS(=O)(=O)[O-])CC[C@]4(C)[C@H]3CC[C@]12C)C(C)C. The number of fused-ring (bicyclic) bond motifs is 5. The van der Waals surface area contributed by atoms with Crippen LogP contribution in [0.3, 0.4) is 0 Å². The molecule has 0 spiro atoms. The highest BCUT2D eigenvalue weighted by atomic mass is 32.3. The highest BCUT2D eigenvalue weighted by Crippen LogP contribution is 2.67. The number of rotatable bonds is 8. The van der Waals surface area contributed by atoms with Crippen molar-refractivity contribution in [3.63, 3.8) is 0 Å². The van der Waals surface area contributed by atoms with Crippen LogP contribution in [0.25, 0.3) is 0 Å². The summed E-state index contributed by atoms with van der Waals surface area (Å²) in [5.74, 6) is 5.58. The highest BCUT2D eigenvalue weighted by molar-refractivity contribution is 7.80. The molecule has 0 aromatic rings. The zero-order valence-electron chi connectivity index (χ0n) is 22.5. The summed E-state index contributed by atoms with van der Waals surface area (Å²) < 4.78 is 38.3. The van der Waals surface area contributed by atoms with Crippen molar-refractivity contribution in [2.24, 2.45) is 52.3 Å². The van der Waals surface area contributed by atoms with Crippen LogP contribution in [0.15, 0.2) is 11.6 Å². The Morgan fingerprint density at radius 1 is 1.06 bits per heavy atom. The summed E-state index contributed by atoms with van der Waals surface area (Å²) in [6, 6.07) is 0. The molecule has 4 nitrogen and oxygen atoms in total. The molecule has 0 heterocycles. The summed E-state index contributed by atoms with van der Waals surface area (Å²) in [4.78, 5) is 0. The molecule has 4 rings (SSSR count). The zero-order chi connectivity index (χ0) is 24.9. The molecule has 0 radical (unpaired) electrons. The molecule has 3 fully saturated rings. The summed E-state index contributed by atoms with van der Waals surface area (Å²) in [6.07, 6.45) is 14.8.